The fourth-order valence-corrected chi connectivity index (χ4v) is 3.68. The van der Waals surface area contributed by atoms with Gasteiger partial charge in [-0.3, -0.25) is 4.79 Å². The molecule has 2 aromatic heterocycles. The number of fused-ring (bicyclic) bond motifs is 1. The third kappa shape index (κ3) is 3.74. The van der Waals surface area contributed by atoms with E-state index in [2.05, 4.69) is 5.32 Å². The van der Waals surface area contributed by atoms with Crippen molar-refractivity contribution in [3.05, 3.63) is 58.1 Å². The minimum absolute atomic E-state index is 0.0793. The normalized spacial score (nSPS) is 10.8. The number of hydrogen-bond donors (Lipinski definition) is 1. The van der Waals surface area contributed by atoms with Crippen LogP contribution < -0.4 is 5.32 Å². The van der Waals surface area contributed by atoms with Gasteiger partial charge in [0.1, 0.15) is 12.2 Å². The third-order valence-corrected chi connectivity index (χ3v) is 5.01. The van der Waals surface area contributed by atoms with Crippen LogP contribution in [-0.2, 0) is 22.6 Å². The first-order chi connectivity index (χ1) is 12.0. The molecule has 0 saturated heterocycles. The van der Waals surface area contributed by atoms with Crippen molar-refractivity contribution < 1.29 is 14.3 Å². The van der Waals surface area contributed by atoms with Gasteiger partial charge in [-0.2, -0.15) is 0 Å². The Bertz CT molecular complexity index is 922. The van der Waals surface area contributed by atoms with Crippen molar-refractivity contribution in [2.75, 3.05) is 7.11 Å². The number of carbonyl (C=O) groups excluding carboxylic acids is 2. The molecular weight excluding hydrogens is 336 g/mol. The summed E-state index contributed by atoms with van der Waals surface area (Å²) in [4.78, 5) is 25.5. The number of methoxy groups -OCH3 is 1. The van der Waals surface area contributed by atoms with E-state index in [-0.39, 0.29) is 12.5 Å². The first-order valence-electron chi connectivity index (χ1n) is 7.98. The molecule has 0 bridgehead atoms. The fraction of sp³-hybridized carbons (Fsp3) is 0.263. The zero-order valence-electron chi connectivity index (χ0n) is 14.5. The second-order valence-electron chi connectivity index (χ2n) is 5.98. The number of hydrogen-bond acceptors (Lipinski definition) is 4. The Kier molecular flexibility index (Phi) is 4.90. The zero-order valence-corrected chi connectivity index (χ0v) is 15.3. The zero-order chi connectivity index (χ0) is 18.0. The number of aromatic nitrogens is 1. The minimum Gasteiger partial charge on any atom is -0.464 e. The summed E-state index contributed by atoms with van der Waals surface area (Å²) in [7, 11) is 1.34. The van der Waals surface area contributed by atoms with Crippen LogP contribution in [0.2, 0.25) is 0 Å². The number of nitrogens with zero attached hydrogens (tertiary/aromatic N) is 1. The molecule has 5 nitrogen and oxygen atoms in total. The summed E-state index contributed by atoms with van der Waals surface area (Å²) in [6, 6.07) is 11.8. The van der Waals surface area contributed by atoms with Crippen LogP contribution in [0, 0.1) is 13.8 Å². The van der Waals surface area contributed by atoms with E-state index in [0.717, 1.165) is 20.7 Å². The molecule has 2 heterocycles. The predicted molar refractivity (Wildman–Crippen MR) is 98.9 cm³/mol. The maximum absolute atomic E-state index is 12.4. The fourth-order valence-electron chi connectivity index (χ4n) is 2.72. The van der Waals surface area contributed by atoms with Crippen LogP contribution in [0.15, 0.2) is 36.4 Å². The topological polar surface area (TPSA) is 60.3 Å². The highest BCUT2D eigenvalue weighted by Gasteiger charge is 2.19. The predicted octanol–water partition coefficient (Wildman–Crippen LogP) is 3.42. The third-order valence-electron chi connectivity index (χ3n) is 4.02. The molecule has 6 heteroatoms. The number of carbonyl (C=O) groups is 2. The molecule has 3 aromatic rings. The Hall–Kier alpha value is -2.60. The van der Waals surface area contributed by atoms with E-state index in [1.54, 1.807) is 22.0 Å². The molecule has 0 radical (unpaired) electrons. The molecule has 1 amide bonds. The van der Waals surface area contributed by atoms with Crippen molar-refractivity contribution in [1.29, 1.82) is 0 Å². The lowest BCUT2D eigenvalue weighted by atomic mass is 10.1. The van der Waals surface area contributed by atoms with E-state index in [4.69, 9.17) is 4.74 Å². The molecule has 3 rings (SSSR count). The summed E-state index contributed by atoms with van der Waals surface area (Å²) in [5.41, 5.74) is 3.50. The van der Waals surface area contributed by atoms with Crippen molar-refractivity contribution in [2.24, 2.45) is 0 Å². The lowest BCUT2D eigenvalue weighted by molar-refractivity contribution is -0.121. The molecule has 0 fully saturated rings. The Balaban J connectivity index is 1.77. The molecule has 0 atom stereocenters. The average Bonchev–Trinajstić information content (AvgIpc) is 3.11. The van der Waals surface area contributed by atoms with Crippen LogP contribution in [0.4, 0.5) is 0 Å². The Morgan fingerprint density at radius 2 is 1.88 bits per heavy atom. The van der Waals surface area contributed by atoms with Crippen LogP contribution in [0.5, 0.6) is 0 Å². The maximum Gasteiger partial charge on any atom is 0.354 e. The molecule has 1 N–H and O–H groups in total. The highest BCUT2D eigenvalue weighted by Crippen LogP contribution is 2.29. The number of aryl methyl sites for hydroxylation is 2. The van der Waals surface area contributed by atoms with Crippen molar-refractivity contribution in [3.8, 4) is 0 Å². The van der Waals surface area contributed by atoms with Gasteiger partial charge in [-0.05, 0) is 31.5 Å². The van der Waals surface area contributed by atoms with Gasteiger partial charge in [0.2, 0.25) is 5.91 Å². The summed E-state index contributed by atoms with van der Waals surface area (Å²) in [6.45, 7) is 4.57. The van der Waals surface area contributed by atoms with E-state index >= 15 is 0 Å². The Morgan fingerprint density at radius 3 is 2.56 bits per heavy atom. The van der Waals surface area contributed by atoms with Gasteiger partial charge in [0.05, 0.1) is 17.3 Å². The van der Waals surface area contributed by atoms with Gasteiger partial charge in [-0.15, -0.1) is 11.3 Å². The van der Waals surface area contributed by atoms with Gasteiger partial charge < -0.3 is 14.6 Å². The van der Waals surface area contributed by atoms with Crippen LogP contribution in [-0.4, -0.2) is 23.6 Å². The van der Waals surface area contributed by atoms with E-state index in [1.807, 2.05) is 44.2 Å². The first-order valence-corrected chi connectivity index (χ1v) is 8.80. The smallest absolute Gasteiger partial charge is 0.354 e. The van der Waals surface area contributed by atoms with Crippen molar-refractivity contribution in [3.63, 3.8) is 0 Å². The second-order valence-corrected chi connectivity index (χ2v) is 7.26. The summed E-state index contributed by atoms with van der Waals surface area (Å²) in [5, 5.41) is 2.90. The highest BCUT2D eigenvalue weighted by molar-refractivity contribution is 7.19. The van der Waals surface area contributed by atoms with Crippen molar-refractivity contribution in [2.45, 2.75) is 26.9 Å². The van der Waals surface area contributed by atoms with Crippen LogP contribution in [0.25, 0.3) is 10.2 Å². The van der Waals surface area contributed by atoms with Gasteiger partial charge >= 0.3 is 5.97 Å². The molecule has 0 saturated carbocycles. The molecular formula is C19H20N2O3S. The van der Waals surface area contributed by atoms with E-state index < -0.39 is 5.97 Å². The summed E-state index contributed by atoms with van der Waals surface area (Å²) < 4.78 is 7.53. The SMILES string of the molecule is COC(=O)c1cc2sc(C)cc2n1CC(=O)NCc1ccc(C)cc1. The van der Waals surface area contributed by atoms with Gasteiger partial charge in [0, 0.05) is 11.4 Å². The molecule has 25 heavy (non-hydrogen) atoms. The maximum atomic E-state index is 12.4. The molecule has 0 aliphatic carbocycles. The Morgan fingerprint density at radius 1 is 1.16 bits per heavy atom. The highest BCUT2D eigenvalue weighted by atomic mass is 32.1. The van der Waals surface area contributed by atoms with Gasteiger partial charge in [-0.1, -0.05) is 29.8 Å². The van der Waals surface area contributed by atoms with Gasteiger partial charge in [0.15, 0.2) is 0 Å². The average molecular weight is 356 g/mol. The quantitative estimate of drug-likeness (QED) is 0.713. The largest absolute Gasteiger partial charge is 0.464 e. The van der Waals surface area contributed by atoms with Gasteiger partial charge in [-0.25, -0.2) is 4.79 Å². The molecule has 130 valence electrons. The van der Waals surface area contributed by atoms with E-state index in [9.17, 15) is 9.59 Å². The molecule has 0 aliphatic rings. The number of thiophene rings is 1. The van der Waals surface area contributed by atoms with E-state index in [1.165, 1.54) is 12.7 Å². The van der Waals surface area contributed by atoms with Crippen molar-refractivity contribution >= 4 is 33.4 Å². The lowest BCUT2D eigenvalue weighted by Crippen LogP contribution is -2.28. The van der Waals surface area contributed by atoms with Crippen LogP contribution in [0.3, 0.4) is 0 Å². The number of nitrogens with one attached hydrogen (secondary N) is 1. The first kappa shape index (κ1) is 17.2. The lowest BCUT2D eigenvalue weighted by Gasteiger charge is -2.10. The molecule has 0 spiro atoms. The summed E-state index contributed by atoms with van der Waals surface area (Å²) in [5.74, 6) is -0.584. The number of rotatable bonds is 5. The standard InChI is InChI=1S/C19H20N2O3S/c1-12-4-6-14(7-5-12)10-20-18(22)11-21-15-8-13(2)25-17(15)9-16(21)19(23)24-3/h4-9H,10-11H2,1-3H3,(H,20,22). The van der Waals surface area contributed by atoms with Crippen LogP contribution >= 0.6 is 11.3 Å². The monoisotopic (exact) mass is 356 g/mol. The minimum atomic E-state index is -0.438. The van der Waals surface area contributed by atoms with Crippen LogP contribution in [0.1, 0.15) is 26.5 Å². The molecule has 0 aliphatic heterocycles. The molecule has 0 unspecified atom stereocenters. The Labute approximate surface area is 150 Å². The number of ether oxygens (including phenoxy) is 1. The second kappa shape index (κ2) is 7.11. The van der Waals surface area contributed by atoms with E-state index in [0.29, 0.717) is 12.2 Å². The summed E-state index contributed by atoms with van der Waals surface area (Å²) >= 11 is 1.59. The number of esters is 1. The van der Waals surface area contributed by atoms with Crippen molar-refractivity contribution in [1.82, 2.24) is 9.88 Å². The molecule has 1 aromatic carbocycles. The summed E-state index contributed by atoms with van der Waals surface area (Å²) in [6.07, 6.45) is 0. The number of amides is 1. The number of benzene rings is 1. The van der Waals surface area contributed by atoms with Gasteiger partial charge in [0.25, 0.3) is 0 Å².